The fourth-order valence-corrected chi connectivity index (χ4v) is 1.70. The van der Waals surface area contributed by atoms with Crippen LogP contribution in [0.15, 0.2) is 48.5 Å². The molecule has 20 heavy (non-hydrogen) atoms. The van der Waals surface area contributed by atoms with Gasteiger partial charge in [0, 0.05) is 11.8 Å². The van der Waals surface area contributed by atoms with Crippen LogP contribution in [0.5, 0.6) is 5.75 Å². The van der Waals surface area contributed by atoms with E-state index in [0.29, 0.717) is 11.4 Å². The molecule has 0 aliphatic heterocycles. The van der Waals surface area contributed by atoms with Crippen molar-refractivity contribution in [2.24, 2.45) is 0 Å². The van der Waals surface area contributed by atoms with Crippen molar-refractivity contribution in [1.29, 1.82) is 0 Å². The summed E-state index contributed by atoms with van der Waals surface area (Å²) in [5, 5.41) is 12.3. The lowest BCUT2D eigenvalue weighted by atomic mass is 10.2. The number of nitrogens with one attached hydrogen (secondary N) is 1. The van der Waals surface area contributed by atoms with Gasteiger partial charge in [-0.25, -0.2) is 0 Å². The molecule has 0 aliphatic rings. The van der Waals surface area contributed by atoms with E-state index in [-0.39, 0.29) is 11.7 Å². The lowest BCUT2D eigenvalue weighted by Crippen LogP contribution is -2.08. The molecule has 102 valence electrons. The van der Waals surface area contributed by atoms with Gasteiger partial charge in [-0.05, 0) is 48.4 Å². The minimum Gasteiger partial charge on any atom is -0.506 e. The van der Waals surface area contributed by atoms with Crippen LogP contribution >= 0.6 is 0 Å². The van der Waals surface area contributed by atoms with Crippen LogP contribution in [-0.4, -0.2) is 11.0 Å². The second-order valence-electron chi connectivity index (χ2n) is 4.51. The first-order valence-corrected chi connectivity index (χ1v) is 6.19. The van der Waals surface area contributed by atoms with Crippen molar-refractivity contribution in [3.05, 3.63) is 59.7 Å². The minimum atomic E-state index is -0.303. The highest BCUT2D eigenvalue weighted by molar-refractivity contribution is 6.02. The Balaban J connectivity index is 2.05. The van der Waals surface area contributed by atoms with Crippen molar-refractivity contribution in [2.45, 2.75) is 6.92 Å². The summed E-state index contributed by atoms with van der Waals surface area (Å²) in [4.78, 5) is 11.8. The zero-order chi connectivity index (χ0) is 14.5. The third kappa shape index (κ3) is 3.62. The number of hydrogen-bond donors (Lipinski definition) is 3. The standard InChI is InChI=1S/C16H16N2O2/c1-11-2-8-15(19)14(10-11)18-16(20)9-5-12-3-6-13(17)7-4-12/h2-10,19H,17H2,1H3,(H,18,20)/b9-5+. The van der Waals surface area contributed by atoms with E-state index in [9.17, 15) is 9.90 Å². The van der Waals surface area contributed by atoms with Crippen LogP contribution in [-0.2, 0) is 4.79 Å². The molecule has 4 N–H and O–H groups in total. The Kier molecular flexibility index (Phi) is 4.05. The zero-order valence-corrected chi connectivity index (χ0v) is 11.1. The highest BCUT2D eigenvalue weighted by Gasteiger charge is 2.03. The van der Waals surface area contributed by atoms with Crippen LogP contribution in [0.3, 0.4) is 0 Å². The lowest BCUT2D eigenvalue weighted by Gasteiger charge is -2.05. The Bertz CT molecular complexity index is 646. The Hall–Kier alpha value is -2.75. The molecular weight excluding hydrogens is 252 g/mol. The van der Waals surface area contributed by atoms with E-state index in [0.717, 1.165) is 11.1 Å². The first-order chi connectivity index (χ1) is 9.54. The van der Waals surface area contributed by atoms with Crippen LogP contribution < -0.4 is 11.1 Å². The highest BCUT2D eigenvalue weighted by Crippen LogP contribution is 2.23. The third-order valence-corrected chi connectivity index (χ3v) is 2.77. The van der Waals surface area contributed by atoms with Gasteiger partial charge in [-0.3, -0.25) is 4.79 Å². The van der Waals surface area contributed by atoms with E-state index in [2.05, 4.69) is 5.32 Å². The maximum atomic E-state index is 11.8. The van der Waals surface area contributed by atoms with E-state index in [1.54, 1.807) is 36.4 Å². The molecule has 0 spiro atoms. The average molecular weight is 268 g/mol. The number of nitrogens with two attached hydrogens (primary N) is 1. The molecule has 0 heterocycles. The largest absolute Gasteiger partial charge is 0.506 e. The Labute approximate surface area is 117 Å². The zero-order valence-electron chi connectivity index (χ0n) is 11.1. The van der Waals surface area contributed by atoms with Gasteiger partial charge in [-0.1, -0.05) is 18.2 Å². The predicted molar refractivity (Wildman–Crippen MR) is 81.4 cm³/mol. The first-order valence-electron chi connectivity index (χ1n) is 6.19. The van der Waals surface area contributed by atoms with Crippen LogP contribution in [0.1, 0.15) is 11.1 Å². The topological polar surface area (TPSA) is 75.3 Å². The molecule has 0 saturated heterocycles. The minimum absolute atomic E-state index is 0.0461. The Morgan fingerprint density at radius 3 is 2.60 bits per heavy atom. The van der Waals surface area contributed by atoms with Crippen molar-refractivity contribution in [3.8, 4) is 5.75 Å². The number of aryl methyl sites for hydroxylation is 1. The highest BCUT2D eigenvalue weighted by atomic mass is 16.3. The number of phenols is 1. The summed E-state index contributed by atoms with van der Waals surface area (Å²) < 4.78 is 0. The maximum absolute atomic E-state index is 11.8. The quantitative estimate of drug-likeness (QED) is 0.455. The lowest BCUT2D eigenvalue weighted by molar-refractivity contribution is -0.111. The van der Waals surface area contributed by atoms with Crippen molar-refractivity contribution in [3.63, 3.8) is 0 Å². The van der Waals surface area contributed by atoms with Crippen molar-refractivity contribution < 1.29 is 9.90 Å². The molecule has 4 nitrogen and oxygen atoms in total. The van der Waals surface area contributed by atoms with Crippen molar-refractivity contribution in [2.75, 3.05) is 11.1 Å². The number of carbonyl (C=O) groups excluding carboxylic acids is 1. The number of phenolic OH excluding ortho intramolecular Hbond substituents is 1. The van der Waals surface area contributed by atoms with Crippen molar-refractivity contribution >= 4 is 23.4 Å². The second-order valence-corrected chi connectivity index (χ2v) is 4.51. The van der Waals surface area contributed by atoms with Gasteiger partial charge in [0.15, 0.2) is 0 Å². The van der Waals surface area contributed by atoms with E-state index in [1.165, 1.54) is 6.08 Å². The number of carbonyl (C=O) groups is 1. The Morgan fingerprint density at radius 2 is 1.90 bits per heavy atom. The van der Waals surface area contributed by atoms with E-state index in [4.69, 9.17) is 5.73 Å². The Morgan fingerprint density at radius 1 is 1.20 bits per heavy atom. The van der Waals surface area contributed by atoms with Crippen LogP contribution in [0.25, 0.3) is 6.08 Å². The fourth-order valence-electron chi connectivity index (χ4n) is 1.70. The van der Waals surface area contributed by atoms with Gasteiger partial charge >= 0.3 is 0 Å². The van der Waals surface area contributed by atoms with E-state index < -0.39 is 0 Å². The molecule has 0 radical (unpaired) electrons. The van der Waals surface area contributed by atoms with Gasteiger partial charge < -0.3 is 16.2 Å². The molecule has 0 atom stereocenters. The first kappa shape index (κ1) is 13.7. The fraction of sp³-hybridized carbons (Fsp3) is 0.0625. The molecule has 2 rings (SSSR count). The van der Waals surface area contributed by atoms with E-state index in [1.807, 2.05) is 19.1 Å². The number of rotatable bonds is 3. The predicted octanol–water partition coefficient (Wildman–Crippen LogP) is 2.93. The number of aromatic hydroxyl groups is 1. The molecule has 1 amide bonds. The summed E-state index contributed by atoms with van der Waals surface area (Å²) in [6.45, 7) is 1.89. The second kappa shape index (κ2) is 5.93. The molecule has 4 heteroatoms. The van der Waals surface area contributed by atoms with Gasteiger partial charge in [0.25, 0.3) is 0 Å². The van der Waals surface area contributed by atoms with Gasteiger partial charge in [0.1, 0.15) is 5.75 Å². The van der Waals surface area contributed by atoms with Gasteiger partial charge in [0.05, 0.1) is 5.69 Å². The molecule has 0 aliphatic carbocycles. The normalized spacial score (nSPS) is 10.7. The van der Waals surface area contributed by atoms with Gasteiger partial charge in [-0.2, -0.15) is 0 Å². The van der Waals surface area contributed by atoms with Crippen LogP contribution in [0, 0.1) is 6.92 Å². The third-order valence-electron chi connectivity index (χ3n) is 2.77. The van der Waals surface area contributed by atoms with E-state index >= 15 is 0 Å². The smallest absolute Gasteiger partial charge is 0.248 e. The van der Waals surface area contributed by atoms with Crippen LogP contribution in [0.2, 0.25) is 0 Å². The number of nitrogen functional groups attached to an aromatic ring is 1. The summed E-state index contributed by atoms with van der Waals surface area (Å²) >= 11 is 0. The molecule has 0 aromatic heterocycles. The molecule has 0 saturated carbocycles. The molecule has 0 fully saturated rings. The van der Waals surface area contributed by atoms with Crippen LogP contribution in [0.4, 0.5) is 11.4 Å². The summed E-state index contributed by atoms with van der Waals surface area (Å²) in [5.74, 6) is -0.257. The van der Waals surface area contributed by atoms with Gasteiger partial charge in [0.2, 0.25) is 5.91 Å². The summed E-state index contributed by atoms with van der Waals surface area (Å²) in [6.07, 6.45) is 3.09. The monoisotopic (exact) mass is 268 g/mol. The maximum Gasteiger partial charge on any atom is 0.248 e. The summed E-state index contributed by atoms with van der Waals surface area (Å²) in [6, 6.07) is 12.2. The summed E-state index contributed by atoms with van der Waals surface area (Å²) in [7, 11) is 0. The number of hydrogen-bond acceptors (Lipinski definition) is 3. The van der Waals surface area contributed by atoms with Crippen molar-refractivity contribution in [1.82, 2.24) is 0 Å². The van der Waals surface area contributed by atoms with Gasteiger partial charge in [-0.15, -0.1) is 0 Å². The molecule has 0 unspecified atom stereocenters. The molecule has 2 aromatic carbocycles. The molecule has 2 aromatic rings. The molecule has 0 bridgehead atoms. The summed E-state index contributed by atoms with van der Waals surface area (Å²) in [5.41, 5.74) is 8.50. The molecular formula is C16H16N2O2. The number of amides is 1. The SMILES string of the molecule is Cc1ccc(O)c(NC(=O)/C=C/c2ccc(N)cc2)c1. The number of benzene rings is 2. The number of anilines is 2. The average Bonchev–Trinajstić information content (AvgIpc) is 2.42.